The van der Waals surface area contributed by atoms with Crippen LogP contribution < -0.4 is 0 Å². The van der Waals surface area contributed by atoms with E-state index in [-0.39, 0.29) is 12.8 Å². The Labute approximate surface area is 94.5 Å². The predicted octanol–water partition coefficient (Wildman–Crippen LogP) is 2.32. The summed E-state index contributed by atoms with van der Waals surface area (Å²) in [6.07, 6.45) is 0.0375. The van der Waals surface area contributed by atoms with E-state index in [4.69, 9.17) is 10.2 Å². The van der Waals surface area contributed by atoms with Crippen LogP contribution in [0.2, 0.25) is 0 Å². The van der Waals surface area contributed by atoms with Crippen molar-refractivity contribution in [3.63, 3.8) is 0 Å². The van der Waals surface area contributed by atoms with Gasteiger partial charge >= 0.3 is 5.97 Å². The molecule has 0 heterocycles. The molecule has 1 aromatic rings. The molecule has 17 heavy (non-hydrogen) atoms. The van der Waals surface area contributed by atoms with Crippen LogP contribution in [0, 0.1) is 17.5 Å². The first-order valence-corrected chi connectivity index (χ1v) is 4.96. The highest BCUT2D eigenvalue weighted by Gasteiger charge is 2.50. The largest absolute Gasteiger partial charge is 0.505 e. The van der Waals surface area contributed by atoms with E-state index >= 15 is 0 Å². The van der Waals surface area contributed by atoms with Gasteiger partial charge in [-0.1, -0.05) is 0 Å². The lowest BCUT2D eigenvalue weighted by Crippen LogP contribution is -2.17. The number of carboxylic acid groups (broad SMARTS) is 1. The summed E-state index contributed by atoms with van der Waals surface area (Å²) in [4.78, 5) is 10.6. The average Bonchev–Trinajstić information content (AvgIpc) is 2.95. The Balaban J connectivity index is 2.55. The van der Waals surface area contributed by atoms with Gasteiger partial charge in [-0.3, -0.25) is 4.79 Å². The molecule has 0 spiro atoms. The lowest BCUT2D eigenvalue weighted by atomic mass is 9.91. The van der Waals surface area contributed by atoms with Crippen molar-refractivity contribution in [2.45, 2.75) is 24.7 Å². The molecule has 1 aliphatic rings. The Hall–Kier alpha value is -1.72. The molecule has 1 aliphatic carbocycles. The zero-order chi connectivity index (χ0) is 12.8. The van der Waals surface area contributed by atoms with Crippen LogP contribution in [0.3, 0.4) is 0 Å². The summed E-state index contributed by atoms with van der Waals surface area (Å²) >= 11 is 0. The molecule has 0 amide bonds. The third-order valence-electron chi connectivity index (χ3n) is 3.01. The standard InChI is InChI=1S/C11H9F3O3/c12-5-3-6(15)10(14)8(9(5)13)11(1-2-11)4-7(16)17/h3,15H,1-2,4H2,(H,16,17). The minimum atomic E-state index is -1.42. The van der Waals surface area contributed by atoms with Crippen molar-refractivity contribution in [3.8, 4) is 5.75 Å². The molecule has 0 atom stereocenters. The van der Waals surface area contributed by atoms with Crippen molar-refractivity contribution >= 4 is 5.97 Å². The summed E-state index contributed by atoms with van der Waals surface area (Å²) in [6.45, 7) is 0. The normalized spacial score (nSPS) is 16.9. The van der Waals surface area contributed by atoms with Gasteiger partial charge in [0.1, 0.15) is 0 Å². The second-order valence-electron chi connectivity index (χ2n) is 4.23. The highest BCUT2D eigenvalue weighted by atomic mass is 19.2. The molecule has 0 bridgehead atoms. The molecule has 2 rings (SSSR count). The number of phenols is 1. The van der Waals surface area contributed by atoms with Gasteiger partial charge in [0.05, 0.1) is 6.42 Å². The molecular formula is C11H9F3O3. The number of rotatable bonds is 3. The van der Waals surface area contributed by atoms with E-state index in [1.54, 1.807) is 0 Å². The second kappa shape index (κ2) is 3.65. The topological polar surface area (TPSA) is 57.5 Å². The van der Waals surface area contributed by atoms with Crippen LogP contribution in [-0.2, 0) is 10.2 Å². The molecule has 1 fully saturated rings. The van der Waals surface area contributed by atoms with Crippen molar-refractivity contribution < 1.29 is 28.2 Å². The molecule has 0 unspecified atom stereocenters. The van der Waals surface area contributed by atoms with Gasteiger partial charge in [0.2, 0.25) is 0 Å². The van der Waals surface area contributed by atoms with E-state index in [0.717, 1.165) is 0 Å². The first-order valence-electron chi connectivity index (χ1n) is 4.96. The number of halogens is 3. The van der Waals surface area contributed by atoms with Crippen LogP contribution in [0.4, 0.5) is 13.2 Å². The Kier molecular flexibility index (Phi) is 2.52. The van der Waals surface area contributed by atoms with E-state index in [1.165, 1.54) is 0 Å². The first-order chi connectivity index (χ1) is 7.87. The van der Waals surface area contributed by atoms with Gasteiger partial charge in [0.15, 0.2) is 23.2 Å². The molecule has 0 radical (unpaired) electrons. The maximum atomic E-state index is 13.6. The highest BCUT2D eigenvalue weighted by molar-refractivity contribution is 5.70. The second-order valence-corrected chi connectivity index (χ2v) is 4.23. The predicted molar refractivity (Wildman–Crippen MR) is 51.1 cm³/mol. The SMILES string of the molecule is O=C(O)CC1(c2c(F)c(O)cc(F)c2F)CC1. The molecule has 0 saturated heterocycles. The van der Waals surface area contributed by atoms with Crippen molar-refractivity contribution in [3.05, 3.63) is 29.1 Å². The maximum absolute atomic E-state index is 13.6. The number of aromatic hydroxyl groups is 1. The van der Waals surface area contributed by atoms with Crippen LogP contribution in [0.15, 0.2) is 6.07 Å². The zero-order valence-electron chi connectivity index (χ0n) is 8.64. The molecule has 2 N–H and O–H groups in total. The van der Waals surface area contributed by atoms with Crippen molar-refractivity contribution in [2.24, 2.45) is 0 Å². The number of aliphatic carboxylic acids is 1. The van der Waals surface area contributed by atoms with Crippen molar-refractivity contribution in [1.82, 2.24) is 0 Å². The fourth-order valence-electron chi connectivity index (χ4n) is 2.01. The summed E-state index contributed by atoms with van der Waals surface area (Å²) in [6, 6.07) is 0.338. The summed E-state index contributed by atoms with van der Waals surface area (Å²) in [5.41, 5.74) is -1.88. The number of carbonyl (C=O) groups is 1. The zero-order valence-corrected chi connectivity index (χ0v) is 8.64. The first kappa shape index (κ1) is 11.8. The molecule has 0 aliphatic heterocycles. The van der Waals surface area contributed by atoms with Crippen LogP contribution in [0.1, 0.15) is 24.8 Å². The summed E-state index contributed by atoms with van der Waals surface area (Å²) in [7, 11) is 0. The van der Waals surface area contributed by atoms with Gasteiger partial charge in [-0.05, 0) is 12.8 Å². The fourth-order valence-corrected chi connectivity index (χ4v) is 2.01. The smallest absolute Gasteiger partial charge is 0.304 e. The number of phenolic OH excluding ortho intramolecular Hbond substituents is 1. The lowest BCUT2D eigenvalue weighted by Gasteiger charge is -2.16. The molecule has 1 aromatic carbocycles. The highest BCUT2D eigenvalue weighted by Crippen LogP contribution is 2.53. The number of carboxylic acids is 1. The number of benzene rings is 1. The number of hydrogen-bond acceptors (Lipinski definition) is 2. The Morgan fingerprint density at radius 2 is 1.88 bits per heavy atom. The van der Waals surface area contributed by atoms with Gasteiger partial charge in [-0.2, -0.15) is 0 Å². The van der Waals surface area contributed by atoms with E-state index in [9.17, 15) is 18.0 Å². The van der Waals surface area contributed by atoms with E-state index in [1.807, 2.05) is 0 Å². The molecule has 1 saturated carbocycles. The Bertz CT molecular complexity index is 469. The maximum Gasteiger partial charge on any atom is 0.304 e. The molecule has 92 valence electrons. The van der Waals surface area contributed by atoms with Crippen LogP contribution >= 0.6 is 0 Å². The monoisotopic (exact) mass is 246 g/mol. The average molecular weight is 246 g/mol. The third-order valence-corrected chi connectivity index (χ3v) is 3.01. The summed E-state index contributed by atoms with van der Waals surface area (Å²) < 4.78 is 40.2. The quantitative estimate of drug-likeness (QED) is 0.804. The van der Waals surface area contributed by atoms with E-state index < -0.39 is 46.6 Å². The molecule has 3 nitrogen and oxygen atoms in total. The fraction of sp³-hybridized carbons (Fsp3) is 0.364. The van der Waals surface area contributed by atoms with Crippen LogP contribution in [-0.4, -0.2) is 16.2 Å². The van der Waals surface area contributed by atoms with Gasteiger partial charge in [0.25, 0.3) is 0 Å². The van der Waals surface area contributed by atoms with Gasteiger partial charge in [-0.15, -0.1) is 0 Å². The van der Waals surface area contributed by atoms with Crippen molar-refractivity contribution in [1.29, 1.82) is 0 Å². The minimum Gasteiger partial charge on any atom is -0.505 e. The van der Waals surface area contributed by atoms with Crippen LogP contribution in [0.25, 0.3) is 0 Å². The van der Waals surface area contributed by atoms with Crippen LogP contribution in [0.5, 0.6) is 5.75 Å². The minimum absolute atomic E-state index is 0.260. The summed E-state index contributed by atoms with van der Waals surface area (Å²) in [5.74, 6) is -6.29. The Morgan fingerprint density at radius 1 is 1.29 bits per heavy atom. The van der Waals surface area contributed by atoms with Crippen molar-refractivity contribution in [2.75, 3.05) is 0 Å². The Morgan fingerprint density at radius 3 is 2.35 bits per heavy atom. The van der Waals surface area contributed by atoms with Gasteiger partial charge < -0.3 is 10.2 Å². The molecule has 6 heteroatoms. The molecular weight excluding hydrogens is 237 g/mol. The summed E-state index contributed by atoms with van der Waals surface area (Å²) in [5, 5.41) is 17.8. The molecule has 0 aromatic heterocycles. The van der Waals surface area contributed by atoms with Gasteiger partial charge in [-0.25, -0.2) is 13.2 Å². The number of hydrogen-bond donors (Lipinski definition) is 2. The van der Waals surface area contributed by atoms with Gasteiger partial charge in [0, 0.05) is 17.0 Å². The van der Waals surface area contributed by atoms with E-state index in [2.05, 4.69) is 0 Å². The van der Waals surface area contributed by atoms with E-state index in [0.29, 0.717) is 6.07 Å². The lowest BCUT2D eigenvalue weighted by molar-refractivity contribution is -0.137. The third kappa shape index (κ3) is 1.83.